The first kappa shape index (κ1) is 33.2. The molecule has 10 aromatic rings. The summed E-state index contributed by atoms with van der Waals surface area (Å²) in [6.45, 7) is 8.64. The summed E-state index contributed by atoms with van der Waals surface area (Å²) < 4.78 is 33.8. The molecule has 0 atom stereocenters. The Morgan fingerprint density at radius 2 is 0.828 bits per heavy atom. The van der Waals surface area contributed by atoms with E-state index in [0.717, 1.165) is 100 Å². The Balaban J connectivity index is 1.00. The Kier molecular flexibility index (Phi) is 6.51. The van der Waals surface area contributed by atoms with Gasteiger partial charge in [0.25, 0.3) is 0 Å². The van der Waals surface area contributed by atoms with Crippen LogP contribution in [0.25, 0.3) is 88.4 Å². The van der Waals surface area contributed by atoms with E-state index in [4.69, 9.17) is 0 Å². The molecule has 0 fully saturated rings. The van der Waals surface area contributed by atoms with Crippen LogP contribution in [0.5, 0.6) is 0 Å². The number of fused-ring (bicyclic) bond motifs is 12. The van der Waals surface area contributed by atoms with Gasteiger partial charge in [0.1, 0.15) is 11.6 Å². The minimum absolute atomic E-state index is 0.316. The maximum absolute atomic E-state index is 14.6. The number of benzene rings is 6. The Morgan fingerprint density at radius 1 is 0.414 bits per heavy atom. The van der Waals surface area contributed by atoms with E-state index in [0.29, 0.717) is 0 Å². The zero-order chi connectivity index (χ0) is 39.2. The topological polar surface area (TPSA) is 35.6 Å². The molecule has 0 N–H and O–H groups in total. The Morgan fingerprint density at radius 3 is 1.28 bits per heavy atom. The van der Waals surface area contributed by atoms with Gasteiger partial charge in [0, 0.05) is 54.9 Å². The van der Waals surface area contributed by atoms with Gasteiger partial charge in [-0.25, -0.2) is 8.78 Å². The van der Waals surface area contributed by atoms with Gasteiger partial charge in [-0.15, -0.1) is 0 Å². The molecule has 0 radical (unpaired) electrons. The molecular formula is C52H36F2N4. The molecule has 4 aromatic heterocycles. The van der Waals surface area contributed by atoms with Crippen molar-refractivity contribution in [1.29, 1.82) is 0 Å². The van der Waals surface area contributed by atoms with Crippen LogP contribution < -0.4 is 0 Å². The summed E-state index contributed by atoms with van der Waals surface area (Å²) in [5.41, 5.74) is 16.0. The van der Waals surface area contributed by atoms with Crippen molar-refractivity contribution < 1.29 is 8.78 Å². The number of pyridine rings is 2. The van der Waals surface area contributed by atoms with Crippen molar-refractivity contribution in [3.63, 3.8) is 0 Å². The van der Waals surface area contributed by atoms with E-state index < -0.39 is 0 Å². The van der Waals surface area contributed by atoms with Gasteiger partial charge in [0.05, 0.1) is 45.8 Å². The molecule has 0 unspecified atom stereocenters. The standard InChI is InChI=1S/C52H36F2N4/c1-51(2)43-17-15-33(25-37(43)41-23-31(53)27-55-49(41)51)57-45-11-7-5-9-35(45)39-21-29(13-19-47(39)57)30-14-20-48-40(22-30)36-10-6-8-12-46(36)58(48)34-16-18-44-38(26-34)42-24-32(54)28-56-50(42)52(44,3)4/h5-28H,1-4H3. The first-order valence-electron chi connectivity index (χ1n) is 19.8. The zero-order valence-corrected chi connectivity index (χ0v) is 32.4. The zero-order valence-electron chi connectivity index (χ0n) is 32.4. The highest BCUT2D eigenvalue weighted by Crippen LogP contribution is 2.50. The maximum Gasteiger partial charge on any atom is 0.142 e. The number of aromatic nitrogens is 4. The smallest absolute Gasteiger partial charge is 0.142 e. The SMILES string of the molecule is CC1(C)c2ccc(-n3c4ccccc4c4cc(-c5ccc6c(c5)c5ccccc5n6-c5ccc6c(c5)-c5cc(F)cnc5C6(C)C)ccc43)cc2-c2cc(F)cnc21. The van der Waals surface area contributed by atoms with Crippen LogP contribution in [-0.2, 0) is 10.8 Å². The van der Waals surface area contributed by atoms with Gasteiger partial charge < -0.3 is 9.13 Å². The molecule has 0 aliphatic heterocycles. The third-order valence-corrected chi connectivity index (χ3v) is 13.0. The normalized spacial score (nSPS) is 14.7. The van der Waals surface area contributed by atoms with Gasteiger partial charge in [-0.1, -0.05) is 88.4 Å². The van der Waals surface area contributed by atoms with Crippen LogP contribution in [0.3, 0.4) is 0 Å². The van der Waals surface area contributed by atoms with Crippen molar-refractivity contribution in [2.24, 2.45) is 0 Å². The van der Waals surface area contributed by atoms with Gasteiger partial charge in [-0.3, -0.25) is 9.97 Å². The minimum atomic E-state index is -0.325. The number of rotatable bonds is 3. The van der Waals surface area contributed by atoms with Crippen LogP contribution >= 0.6 is 0 Å². The molecule has 278 valence electrons. The number of nitrogens with zero attached hydrogens (tertiary/aromatic N) is 4. The summed E-state index contributed by atoms with van der Waals surface area (Å²) in [5, 5.41) is 4.67. The molecule has 12 rings (SSSR count). The highest BCUT2D eigenvalue weighted by Gasteiger charge is 2.39. The molecule has 2 aliphatic carbocycles. The van der Waals surface area contributed by atoms with E-state index in [-0.39, 0.29) is 22.5 Å². The molecule has 0 bridgehead atoms. The molecular weight excluding hydrogens is 719 g/mol. The van der Waals surface area contributed by atoms with Crippen molar-refractivity contribution in [2.45, 2.75) is 38.5 Å². The van der Waals surface area contributed by atoms with E-state index in [1.165, 1.54) is 23.2 Å². The van der Waals surface area contributed by atoms with Crippen LogP contribution in [0.15, 0.2) is 146 Å². The number of para-hydroxylation sites is 2. The van der Waals surface area contributed by atoms with Crippen molar-refractivity contribution >= 4 is 43.6 Å². The van der Waals surface area contributed by atoms with Gasteiger partial charge >= 0.3 is 0 Å². The largest absolute Gasteiger partial charge is 0.309 e. The Labute approximate surface area is 333 Å². The molecule has 4 nitrogen and oxygen atoms in total. The number of halogens is 2. The third-order valence-electron chi connectivity index (χ3n) is 13.0. The van der Waals surface area contributed by atoms with Crippen molar-refractivity contribution in [3.05, 3.63) is 180 Å². The lowest BCUT2D eigenvalue weighted by Crippen LogP contribution is -2.16. The Hall–Kier alpha value is -6.92. The lowest BCUT2D eigenvalue weighted by atomic mass is 9.85. The average molecular weight is 755 g/mol. The molecule has 0 saturated carbocycles. The van der Waals surface area contributed by atoms with Gasteiger partial charge in [-0.05, 0) is 106 Å². The monoisotopic (exact) mass is 754 g/mol. The summed E-state index contributed by atoms with van der Waals surface area (Å²) in [7, 11) is 0. The van der Waals surface area contributed by atoms with Crippen LogP contribution in [0.2, 0.25) is 0 Å². The van der Waals surface area contributed by atoms with E-state index in [9.17, 15) is 8.78 Å². The number of hydrogen-bond donors (Lipinski definition) is 0. The van der Waals surface area contributed by atoms with Gasteiger partial charge in [-0.2, -0.15) is 0 Å². The summed E-state index contributed by atoms with van der Waals surface area (Å²) in [6.07, 6.45) is 2.65. The second kappa shape index (κ2) is 11.4. The van der Waals surface area contributed by atoms with Crippen LogP contribution in [0.1, 0.15) is 50.2 Å². The fourth-order valence-electron chi connectivity index (χ4n) is 10.3. The predicted octanol–water partition coefficient (Wildman–Crippen LogP) is 13.2. The van der Waals surface area contributed by atoms with Crippen LogP contribution in [0.4, 0.5) is 8.78 Å². The molecule has 0 spiro atoms. The first-order chi connectivity index (χ1) is 28.1. The van der Waals surface area contributed by atoms with Crippen LogP contribution in [-0.4, -0.2) is 19.1 Å². The fraction of sp³-hybridized carbons (Fsp3) is 0.115. The molecule has 0 saturated heterocycles. The van der Waals surface area contributed by atoms with E-state index in [1.54, 1.807) is 12.1 Å². The quantitative estimate of drug-likeness (QED) is 0.180. The molecule has 2 aliphatic rings. The van der Waals surface area contributed by atoms with Gasteiger partial charge in [0.2, 0.25) is 0 Å². The highest BCUT2D eigenvalue weighted by atomic mass is 19.1. The van der Waals surface area contributed by atoms with Gasteiger partial charge in [0.15, 0.2) is 0 Å². The van der Waals surface area contributed by atoms with Crippen LogP contribution in [0, 0.1) is 11.6 Å². The van der Waals surface area contributed by atoms with E-state index in [1.807, 2.05) is 0 Å². The van der Waals surface area contributed by atoms with Crippen molar-refractivity contribution in [3.8, 4) is 44.8 Å². The molecule has 0 amide bonds. The number of hydrogen-bond acceptors (Lipinski definition) is 2. The minimum Gasteiger partial charge on any atom is -0.309 e. The summed E-state index contributed by atoms with van der Waals surface area (Å²) in [6, 6.07) is 47.0. The fourth-order valence-corrected chi connectivity index (χ4v) is 10.3. The Bertz CT molecular complexity index is 3210. The summed E-state index contributed by atoms with van der Waals surface area (Å²) >= 11 is 0. The highest BCUT2D eigenvalue weighted by molar-refractivity contribution is 6.13. The van der Waals surface area contributed by atoms with Crippen molar-refractivity contribution in [2.75, 3.05) is 0 Å². The maximum atomic E-state index is 14.6. The first-order valence-corrected chi connectivity index (χ1v) is 19.8. The van der Waals surface area contributed by atoms with E-state index >= 15 is 0 Å². The molecule has 58 heavy (non-hydrogen) atoms. The van der Waals surface area contributed by atoms with Crippen molar-refractivity contribution in [1.82, 2.24) is 19.1 Å². The van der Waals surface area contributed by atoms with E-state index in [2.05, 4.69) is 168 Å². The lowest BCUT2D eigenvalue weighted by molar-refractivity contribution is 0.603. The predicted molar refractivity (Wildman–Crippen MR) is 231 cm³/mol. The summed E-state index contributed by atoms with van der Waals surface area (Å²) in [5.74, 6) is -0.650. The summed E-state index contributed by atoms with van der Waals surface area (Å²) in [4.78, 5) is 9.08. The lowest BCUT2D eigenvalue weighted by Gasteiger charge is -2.20. The molecule has 4 heterocycles. The second-order valence-corrected chi connectivity index (χ2v) is 17.0. The third kappa shape index (κ3) is 4.37. The molecule has 6 heteroatoms. The average Bonchev–Trinajstić information content (AvgIpc) is 3.88. The molecule has 6 aromatic carbocycles. The second-order valence-electron chi connectivity index (χ2n) is 17.0.